The molecule has 0 aliphatic heterocycles. The fraction of sp³-hybridized carbons (Fsp3) is 0.176. The number of carboxylic acids is 1. The number of ether oxygens (including phenoxy) is 1. The highest BCUT2D eigenvalue weighted by atomic mass is 35.5. The number of carbonyl (C=O) groups is 1. The molecule has 1 heterocycles. The quantitative estimate of drug-likeness (QED) is 0.631. The molecule has 0 aliphatic rings. The molecule has 1 aromatic heterocycles. The van der Waals surface area contributed by atoms with Gasteiger partial charge in [-0.05, 0) is 31.2 Å². The molecule has 1 unspecified atom stereocenters. The Morgan fingerprint density at radius 3 is 2.41 bits per heavy atom. The third-order valence-electron chi connectivity index (χ3n) is 3.76. The van der Waals surface area contributed by atoms with E-state index in [4.69, 9.17) is 33.0 Å². The third kappa shape index (κ3) is 3.81. The number of aromatic nitrogens is 2. The molecule has 1 N–H and O–H groups in total. The zero-order chi connectivity index (χ0) is 19.9. The molecule has 10 heteroatoms. The minimum Gasteiger partial charge on any atom is -0.479 e. The molecule has 5 nitrogen and oxygen atoms in total. The summed E-state index contributed by atoms with van der Waals surface area (Å²) in [7, 11) is 0. The van der Waals surface area contributed by atoms with Gasteiger partial charge in [-0.3, -0.25) is 0 Å². The normalized spacial score (nSPS) is 13.0. The molecule has 142 valence electrons. The number of rotatable bonds is 4. The molecule has 1 atom stereocenters. The van der Waals surface area contributed by atoms with E-state index in [0.717, 1.165) is 12.1 Å². The lowest BCUT2D eigenvalue weighted by atomic mass is 10.2. The van der Waals surface area contributed by atoms with Gasteiger partial charge in [-0.25, -0.2) is 9.48 Å². The molecule has 27 heavy (non-hydrogen) atoms. The van der Waals surface area contributed by atoms with Crippen molar-refractivity contribution in [3.8, 4) is 11.4 Å². The first-order valence-corrected chi connectivity index (χ1v) is 8.27. The molecular weight excluding hydrogens is 408 g/mol. The van der Waals surface area contributed by atoms with Crippen molar-refractivity contribution < 1.29 is 27.8 Å². The SMILES string of the molecule is CC(Oc1ccc2cnn(-c3c(Cl)cc(C(F)(F)F)cc3Cl)c2c1)C(=O)O. The lowest BCUT2D eigenvalue weighted by Gasteiger charge is -2.14. The Labute approximate surface area is 160 Å². The maximum absolute atomic E-state index is 12.9. The van der Waals surface area contributed by atoms with Gasteiger partial charge in [0.05, 0.1) is 27.3 Å². The van der Waals surface area contributed by atoms with Gasteiger partial charge in [0.1, 0.15) is 11.4 Å². The maximum Gasteiger partial charge on any atom is 0.416 e. The predicted octanol–water partition coefficient (Wildman–Crippen LogP) is 5.20. The number of fused-ring (bicyclic) bond motifs is 1. The maximum atomic E-state index is 12.9. The molecule has 0 radical (unpaired) electrons. The summed E-state index contributed by atoms with van der Waals surface area (Å²) in [6, 6.07) is 6.23. The zero-order valence-electron chi connectivity index (χ0n) is 13.6. The van der Waals surface area contributed by atoms with Gasteiger partial charge in [0.15, 0.2) is 6.10 Å². The highest BCUT2D eigenvalue weighted by molar-refractivity contribution is 6.38. The number of benzene rings is 2. The van der Waals surface area contributed by atoms with Crippen molar-refractivity contribution in [2.45, 2.75) is 19.2 Å². The van der Waals surface area contributed by atoms with E-state index in [9.17, 15) is 18.0 Å². The number of nitrogens with zero attached hydrogens (tertiary/aromatic N) is 2. The van der Waals surface area contributed by atoms with E-state index in [2.05, 4.69) is 5.10 Å². The Hall–Kier alpha value is -2.45. The topological polar surface area (TPSA) is 64.4 Å². The van der Waals surface area contributed by atoms with Gasteiger partial charge < -0.3 is 9.84 Å². The van der Waals surface area contributed by atoms with Crippen LogP contribution >= 0.6 is 23.2 Å². The Morgan fingerprint density at radius 1 is 1.22 bits per heavy atom. The highest BCUT2D eigenvalue weighted by Gasteiger charge is 2.32. The van der Waals surface area contributed by atoms with Crippen LogP contribution in [0.3, 0.4) is 0 Å². The van der Waals surface area contributed by atoms with E-state index in [1.165, 1.54) is 23.9 Å². The summed E-state index contributed by atoms with van der Waals surface area (Å²) in [5.74, 6) is -0.893. The van der Waals surface area contributed by atoms with Crippen LogP contribution in [0.15, 0.2) is 36.5 Å². The molecule has 0 spiro atoms. The molecule has 0 bridgehead atoms. The average Bonchev–Trinajstić information content (AvgIpc) is 2.96. The smallest absolute Gasteiger partial charge is 0.416 e. The molecule has 0 amide bonds. The fourth-order valence-corrected chi connectivity index (χ4v) is 3.08. The van der Waals surface area contributed by atoms with Gasteiger partial charge >= 0.3 is 12.1 Å². The zero-order valence-corrected chi connectivity index (χ0v) is 15.1. The van der Waals surface area contributed by atoms with Crippen molar-refractivity contribution in [1.82, 2.24) is 9.78 Å². The van der Waals surface area contributed by atoms with Crippen LogP contribution in [0, 0.1) is 0 Å². The van der Waals surface area contributed by atoms with Gasteiger partial charge in [0.2, 0.25) is 0 Å². The average molecular weight is 419 g/mol. The number of carboxylic acid groups (broad SMARTS) is 1. The van der Waals surface area contributed by atoms with Gasteiger partial charge in [-0.1, -0.05) is 23.2 Å². The molecule has 3 aromatic rings. The second-order valence-corrected chi connectivity index (χ2v) is 6.48. The van der Waals surface area contributed by atoms with Gasteiger partial charge in [-0.2, -0.15) is 18.3 Å². The van der Waals surface area contributed by atoms with Crippen molar-refractivity contribution in [1.29, 1.82) is 0 Å². The summed E-state index contributed by atoms with van der Waals surface area (Å²) in [6.45, 7) is 1.37. The van der Waals surface area contributed by atoms with Gasteiger partial charge in [-0.15, -0.1) is 0 Å². The van der Waals surface area contributed by atoms with E-state index in [1.54, 1.807) is 12.1 Å². The van der Waals surface area contributed by atoms with Crippen LogP contribution in [0.1, 0.15) is 12.5 Å². The molecule has 0 saturated carbocycles. The molecule has 0 fully saturated rings. The lowest BCUT2D eigenvalue weighted by molar-refractivity contribution is -0.144. The number of aliphatic carboxylic acids is 1. The van der Waals surface area contributed by atoms with Crippen LogP contribution in [0.2, 0.25) is 10.0 Å². The minimum absolute atomic E-state index is 0.0739. The van der Waals surface area contributed by atoms with Crippen LogP contribution in [-0.4, -0.2) is 27.0 Å². The standard InChI is InChI=1S/C17H11Cl2F3N2O3/c1-8(16(25)26)27-11-3-2-9-7-23-24(14(9)6-11)15-12(18)4-10(5-13(15)19)17(20,21)22/h2-8H,1H3,(H,25,26). The van der Waals surface area contributed by atoms with Crippen molar-refractivity contribution >= 4 is 40.1 Å². The number of hydrogen-bond donors (Lipinski definition) is 1. The van der Waals surface area contributed by atoms with Crippen molar-refractivity contribution in [3.05, 3.63) is 52.1 Å². The van der Waals surface area contributed by atoms with Crippen LogP contribution < -0.4 is 4.74 Å². The van der Waals surface area contributed by atoms with E-state index in [0.29, 0.717) is 10.9 Å². The van der Waals surface area contributed by atoms with Crippen LogP contribution in [0.25, 0.3) is 16.6 Å². The molecule has 3 rings (SSSR count). The Morgan fingerprint density at radius 2 is 1.85 bits per heavy atom. The molecule has 0 saturated heterocycles. The summed E-state index contributed by atoms with van der Waals surface area (Å²) in [4.78, 5) is 10.9. The minimum atomic E-state index is -4.59. The van der Waals surface area contributed by atoms with Crippen molar-refractivity contribution in [2.75, 3.05) is 0 Å². The van der Waals surface area contributed by atoms with Crippen LogP contribution in [0.4, 0.5) is 13.2 Å². The van der Waals surface area contributed by atoms with Crippen LogP contribution in [0.5, 0.6) is 5.75 Å². The first kappa shape index (κ1) is 19.3. The monoisotopic (exact) mass is 418 g/mol. The van der Waals surface area contributed by atoms with Crippen LogP contribution in [-0.2, 0) is 11.0 Å². The predicted molar refractivity (Wildman–Crippen MR) is 93.8 cm³/mol. The third-order valence-corrected chi connectivity index (χ3v) is 4.34. The first-order chi connectivity index (χ1) is 12.6. The van der Waals surface area contributed by atoms with E-state index < -0.39 is 23.8 Å². The summed E-state index contributed by atoms with van der Waals surface area (Å²) in [5.41, 5.74) is -0.463. The highest BCUT2D eigenvalue weighted by Crippen LogP contribution is 2.38. The van der Waals surface area contributed by atoms with Crippen molar-refractivity contribution in [2.24, 2.45) is 0 Å². The number of hydrogen-bond acceptors (Lipinski definition) is 3. The van der Waals surface area contributed by atoms with Gasteiger partial charge in [0, 0.05) is 11.5 Å². The second-order valence-electron chi connectivity index (χ2n) is 5.66. The Balaban J connectivity index is 2.11. The van der Waals surface area contributed by atoms with E-state index in [-0.39, 0.29) is 21.5 Å². The summed E-state index contributed by atoms with van der Waals surface area (Å²) >= 11 is 12.1. The van der Waals surface area contributed by atoms with E-state index >= 15 is 0 Å². The molecular formula is C17H11Cl2F3N2O3. The molecule has 2 aromatic carbocycles. The largest absolute Gasteiger partial charge is 0.479 e. The van der Waals surface area contributed by atoms with Gasteiger partial charge in [0.25, 0.3) is 0 Å². The van der Waals surface area contributed by atoms with E-state index in [1.807, 2.05) is 0 Å². The Kier molecular flexibility index (Phi) is 4.96. The summed E-state index contributed by atoms with van der Waals surface area (Å²) in [5, 5.41) is 13.2. The first-order valence-electron chi connectivity index (χ1n) is 7.52. The van der Waals surface area contributed by atoms with Crippen molar-refractivity contribution in [3.63, 3.8) is 0 Å². The lowest BCUT2D eigenvalue weighted by Crippen LogP contribution is -2.22. The summed E-state index contributed by atoms with van der Waals surface area (Å²) < 4.78 is 45.3. The Bertz CT molecular complexity index is 1010. The number of alkyl halides is 3. The fourth-order valence-electron chi connectivity index (χ4n) is 2.44. The summed E-state index contributed by atoms with van der Waals surface area (Å²) in [6.07, 6.45) is -4.20. The molecule has 0 aliphatic carbocycles. The second kappa shape index (κ2) is 6.94. The number of halogens is 5.